The summed E-state index contributed by atoms with van der Waals surface area (Å²) in [4.78, 5) is 10.1. The molecular weight excluding hydrogens is 215 g/mol. The summed E-state index contributed by atoms with van der Waals surface area (Å²) in [5, 5.41) is 4.25. The zero-order valence-corrected chi connectivity index (χ0v) is 8.12. The van der Waals surface area contributed by atoms with Gasteiger partial charge in [-0.2, -0.15) is 4.98 Å². The van der Waals surface area contributed by atoms with Gasteiger partial charge in [0.25, 0.3) is 0 Å². The summed E-state index contributed by atoms with van der Waals surface area (Å²) in [5.74, 6) is 0. The van der Waals surface area contributed by atoms with E-state index in [1.807, 2.05) is 0 Å². The molecule has 2 aromatic heterocycles. The van der Waals surface area contributed by atoms with Crippen molar-refractivity contribution in [3.8, 4) is 0 Å². The molecule has 0 radical (unpaired) electrons. The van der Waals surface area contributed by atoms with Gasteiger partial charge in [0, 0.05) is 15.5 Å². The van der Waals surface area contributed by atoms with E-state index < -0.39 is 0 Å². The first kappa shape index (κ1) is 8.52. The Kier molecular flexibility index (Phi) is 1.97. The fraction of sp³-hybridized carbons (Fsp3) is 0.167. The van der Waals surface area contributed by atoms with Crippen LogP contribution in [0.5, 0.6) is 0 Å². The van der Waals surface area contributed by atoms with E-state index in [0.717, 1.165) is 0 Å². The van der Waals surface area contributed by atoms with E-state index in [1.54, 1.807) is 12.3 Å². The number of halogens is 2. The van der Waals surface area contributed by atoms with Crippen LogP contribution in [0.4, 0.5) is 0 Å². The minimum absolute atomic E-state index is 0.0690. The maximum absolute atomic E-state index is 5.81. The van der Waals surface area contributed by atoms with Crippen LogP contribution >= 0.6 is 23.2 Å². The lowest BCUT2D eigenvalue weighted by Crippen LogP contribution is -2.46. The fourth-order valence-electron chi connectivity index (χ4n) is 0.997. The highest BCUT2D eigenvalue weighted by Crippen LogP contribution is 2.13. The Labute approximate surface area is 83.4 Å². The number of rotatable bonds is 1. The SMILES string of the molecule is CO[n+]1ccc2c(Cl)nc(Cl)nn21. The molecular formula is C6H5Cl2N4O+. The second kappa shape index (κ2) is 3.01. The molecule has 0 aliphatic carbocycles. The molecule has 7 heteroatoms. The third-order valence-corrected chi connectivity index (χ3v) is 1.97. The second-order valence-electron chi connectivity index (χ2n) is 2.25. The Hall–Kier alpha value is -1.07. The molecule has 0 bridgehead atoms. The molecule has 0 amide bonds. The molecule has 0 aliphatic rings. The fourth-order valence-corrected chi connectivity index (χ4v) is 1.41. The molecule has 5 nitrogen and oxygen atoms in total. The van der Waals surface area contributed by atoms with Gasteiger partial charge in [0.2, 0.25) is 0 Å². The first-order chi connectivity index (χ1) is 6.22. The molecule has 0 fully saturated rings. The number of hydrogen-bond acceptors (Lipinski definition) is 3. The zero-order valence-electron chi connectivity index (χ0n) is 6.61. The van der Waals surface area contributed by atoms with Gasteiger partial charge in [0.05, 0.1) is 5.10 Å². The minimum atomic E-state index is 0.0690. The van der Waals surface area contributed by atoms with Gasteiger partial charge in [-0.3, -0.25) is 0 Å². The molecule has 0 saturated carbocycles. The highest BCUT2D eigenvalue weighted by Gasteiger charge is 2.15. The molecule has 2 heterocycles. The molecule has 2 rings (SSSR count). The lowest BCUT2D eigenvalue weighted by atomic mass is 10.6. The average molecular weight is 220 g/mol. The summed E-state index contributed by atoms with van der Waals surface area (Å²) in [6.45, 7) is 0. The van der Waals surface area contributed by atoms with Gasteiger partial charge in [-0.15, -0.1) is 0 Å². The van der Waals surface area contributed by atoms with Crippen molar-refractivity contribution in [1.82, 2.24) is 14.7 Å². The Bertz CT molecular complexity index is 455. The summed E-state index contributed by atoms with van der Waals surface area (Å²) in [5.41, 5.74) is 0.632. The van der Waals surface area contributed by atoms with E-state index in [1.165, 1.54) is 16.6 Å². The molecule has 2 aromatic rings. The van der Waals surface area contributed by atoms with Gasteiger partial charge in [-0.25, -0.2) is 0 Å². The maximum Gasteiger partial charge on any atom is 0.364 e. The molecule has 13 heavy (non-hydrogen) atoms. The van der Waals surface area contributed by atoms with Crippen LogP contribution in [0, 0.1) is 0 Å². The summed E-state index contributed by atoms with van der Waals surface area (Å²) in [7, 11) is 1.51. The topological polar surface area (TPSA) is 43.3 Å². The van der Waals surface area contributed by atoms with Crippen LogP contribution in [0.2, 0.25) is 10.4 Å². The van der Waals surface area contributed by atoms with Crippen molar-refractivity contribution in [2.75, 3.05) is 7.11 Å². The predicted octanol–water partition coefficient (Wildman–Crippen LogP) is 0.382. The molecule has 68 valence electrons. The first-order valence-electron chi connectivity index (χ1n) is 3.39. The Morgan fingerprint density at radius 3 is 3.00 bits per heavy atom. The lowest BCUT2D eigenvalue weighted by Gasteiger charge is -1.92. The highest BCUT2D eigenvalue weighted by molar-refractivity contribution is 6.33. The minimum Gasteiger partial charge on any atom is -0.320 e. The number of aromatic nitrogens is 4. The molecule has 0 spiro atoms. The summed E-state index contributed by atoms with van der Waals surface area (Å²) >= 11 is 11.4. The van der Waals surface area contributed by atoms with Crippen LogP contribution < -0.4 is 9.68 Å². The standard InChI is InChI=1S/C6H5Cl2N4O/c1-13-11-3-2-4-5(7)9-6(8)10-12(4)11/h2-3H,1H3/q+1. The van der Waals surface area contributed by atoms with Crippen LogP contribution in [-0.4, -0.2) is 21.8 Å². The summed E-state index contributed by atoms with van der Waals surface area (Å²) in [6.07, 6.45) is 1.66. The van der Waals surface area contributed by atoms with E-state index in [4.69, 9.17) is 28.0 Å². The van der Waals surface area contributed by atoms with Crippen molar-refractivity contribution in [3.63, 3.8) is 0 Å². The lowest BCUT2D eigenvalue weighted by molar-refractivity contribution is -0.938. The largest absolute Gasteiger partial charge is 0.364 e. The van der Waals surface area contributed by atoms with Gasteiger partial charge in [-0.05, 0) is 11.6 Å². The van der Waals surface area contributed by atoms with Crippen LogP contribution in [0.25, 0.3) is 5.52 Å². The molecule has 0 unspecified atom stereocenters. The summed E-state index contributed by atoms with van der Waals surface area (Å²) in [6, 6.07) is 1.72. The zero-order chi connectivity index (χ0) is 9.42. The molecule has 0 atom stereocenters. The first-order valence-corrected chi connectivity index (χ1v) is 4.15. The van der Waals surface area contributed by atoms with Crippen LogP contribution in [0.3, 0.4) is 0 Å². The van der Waals surface area contributed by atoms with Gasteiger partial charge < -0.3 is 4.84 Å². The maximum atomic E-state index is 5.81. The molecule has 0 N–H and O–H groups in total. The monoisotopic (exact) mass is 219 g/mol. The van der Waals surface area contributed by atoms with Crippen molar-refractivity contribution >= 4 is 28.7 Å². The van der Waals surface area contributed by atoms with Crippen molar-refractivity contribution in [2.45, 2.75) is 0 Å². The van der Waals surface area contributed by atoms with E-state index >= 15 is 0 Å². The Morgan fingerprint density at radius 2 is 2.31 bits per heavy atom. The van der Waals surface area contributed by atoms with E-state index in [2.05, 4.69) is 10.1 Å². The Balaban J connectivity index is 2.82. The predicted molar refractivity (Wildman–Crippen MR) is 45.7 cm³/mol. The van der Waals surface area contributed by atoms with Gasteiger partial charge in [0.1, 0.15) is 7.11 Å². The Morgan fingerprint density at radius 1 is 1.54 bits per heavy atom. The van der Waals surface area contributed by atoms with Crippen LogP contribution in [-0.2, 0) is 0 Å². The molecule has 0 aliphatic heterocycles. The normalized spacial score (nSPS) is 10.7. The third-order valence-electron chi connectivity index (χ3n) is 1.53. The van der Waals surface area contributed by atoms with E-state index in [9.17, 15) is 0 Å². The quantitative estimate of drug-likeness (QED) is 0.652. The van der Waals surface area contributed by atoms with Gasteiger partial charge in [0.15, 0.2) is 16.9 Å². The van der Waals surface area contributed by atoms with Gasteiger partial charge in [-0.1, -0.05) is 11.6 Å². The molecule has 0 saturated heterocycles. The average Bonchev–Trinajstić information content (AvgIpc) is 2.47. The van der Waals surface area contributed by atoms with Gasteiger partial charge >= 0.3 is 5.28 Å². The number of hydrogen-bond donors (Lipinski definition) is 0. The molecule has 0 aromatic carbocycles. The highest BCUT2D eigenvalue weighted by atomic mass is 35.5. The number of nitrogens with zero attached hydrogens (tertiary/aromatic N) is 4. The van der Waals surface area contributed by atoms with E-state index in [0.29, 0.717) is 5.52 Å². The van der Waals surface area contributed by atoms with Crippen LogP contribution in [0.1, 0.15) is 0 Å². The number of fused-ring (bicyclic) bond motifs is 1. The third kappa shape index (κ3) is 1.30. The van der Waals surface area contributed by atoms with E-state index in [-0.39, 0.29) is 10.4 Å². The second-order valence-corrected chi connectivity index (χ2v) is 2.94. The smallest absolute Gasteiger partial charge is 0.320 e. The van der Waals surface area contributed by atoms with Crippen LogP contribution in [0.15, 0.2) is 12.3 Å². The van der Waals surface area contributed by atoms with Crippen molar-refractivity contribution < 1.29 is 9.68 Å². The van der Waals surface area contributed by atoms with Crippen molar-refractivity contribution in [1.29, 1.82) is 0 Å². The summed E-state index contributed by atoms with van der Waals surface area (Å²) < 4.78 is 1.41. The van der Waals surface area contributed by atoms with Crippen molar-refractivity contribution in [2.24, 2.45) is 0 Å². The van der Waals surface area contributed by atoms with Crippen molar-refractivity contribution in [3.05, 3.63) is 22.7 Å².